The maximum absolute atomic E-state index is 5.13. The van der Waals surface area contributed by atoms with Gasteiger partial charge >= 0.3 is 0 Å². The zero-order valence-corrected chi connectivity index (χ0v) is 24.8. The van der Waals surface area contributed by atoms with Crippen molar-refractivity contribution in [2.75, 3.05) is 0 Å². The standard InChI is InChI=1S/C35H60N2/c1-3-5-7-9-11-12-13-14-15-16-17-18-23-30-35-36-34(29-25-28-33-26-21-20-22-27-33)32-37(35)31-24-19-10-8-6-4-2/h20-22,26-27,32H,3-19,23-25,28-31H2,1-2H3. The average molecular weight is 509 g/mol. The smallest absolute Gasteiger partial charge is 0.108 e. The fourth-order valence-electron chi connectivity index (χ4n) is 5.51. The van der Waals surface area contributed by atoms with Crippen LogP contribution in [-0.4, -0.2) is 9.55 Å². The van der Waals surface area contributed by atoms with Crippen molar-refractivity contribution < 1.29 is 0 Å². The summed E-state index contributed by atoms with van der Waals surface area (Å²) in [6, 6.07) is 10.9. The fourth-order valence-corrected chi connectivity index (χ4v) is 5.51. The third-order valence-electron chi connectivity index (χ3n) is 7.91. The molecule has 0 saturated carbocycles. The molecule has 0 unspecified atom stereocenters. The third kappa shape index (κ3) is 16.1. The molecule has 0 fully saturated rings. The maximum atomic E-state index is 5.13. The van der Waals surface area contributed by atoms with E-state index in [0.717, 1.165) is 25.8 Å². The van der Waals surface area contributed by atoms with Gasteiger partial charge in [-0.05, 0) is 37.7 Å². The summed E-state index contributed by atoms with van der Waals surface area (Å²) in [5.41, 5.74) is 2.76. The highest BCUT2D eigenvalue weighted by Crippen LogP contribution is 2.16. The maximum Gasteiger partial charge on any atom is 0.108 e. The first kappa shape index (κ1) is 31.6. The number of unbranched alkanes of at least 4 members (excludes halogenated alkanes) is 17. The predicted octanol–water partition coefficient (Wildman–Crippen LogP) is 11.1. The number of hydrogen-bond donors (Lipinski definition) is 0. The predicted molar refractivity (Wildman–Crippen MR) is 163 cm³/mol. The molecule has 2 aromatic rings. The van der Waals surface area contributed by atoms with Crippen molar-refractivity contribution >= 4 is 0 Å². The van der Waals surface area contributed by atoms with Crippen molar-refractivity contribution in [3.63, 3.8) is 0 Å². The molecular formula is C35H60N2. The molecule has 1 aromatic heterocycles. The lowest BCUT2D eigenvalue weighted by Crippen LogP contribution is -2.03. The van der Waals surface area contributed by atoms with Crippen LogP contribution in [0.1, 0.15) is 159 Å². The van der Waals surface area contributed by atoms with E-state index in [1.807, 2.05) is 0 Å². The number of rotatable bonds is 25. The molecule has 0 saturated heterocycles. The molecule has 37 heavy (non-hydrogen) atoms. The molecule has 0 radical (unpaired) electrons. The summed E-state index contributed by atoms with van der Waals surface area (Å²) in [4.78, 5) is 5.13. The van der Waals surface area contributed by atoms with Gasteiger partial charge in [0, 0.05) is 19.2 Å². The Balaban J connectivity index is 1.64. The Kier molecular flexibility index (Phi) is 19.2. The lowest BCUT2D eigenvalue weighted by atomic mass is 10.0. The minimum atomic E-state index is 1.10. The summed E-state index contributed by atoms with van der Waals surface area (Å²) in [6.45, 7) is 5.76. The number of aromatic nitrogens is 2. The van der Waals surface area contributed by atoms with Gasteiger partial charge in [-0.25, -0.2) is 4.98 Å². The van der Waals surface area contributed by atoms with Crippen LogP contribution in [-0.2, 0) is 25.8 Å². The van der Waals surface area contributed by atoms with Gasteiger partial charge in [0.05, 0.1) is 5.69 Å². The molecule has 2 nitrogen and oxygen atoms in total. The van der Waals surface area contributed by atoms with Crippen molar-refractivity contribution in [2.45, 2.75) is 168 Å². The van der Waals surface area contributed by atoms with Crippen LogP contribution in [0, 0.1) is 0 Å². The van der Waals surface area contributed by atoms with E-state index in [2.05, 4.69) is 54.9 Å². The van der Waals surface area contributed by atoms with Crippen molar-refractivity contribution in [3.8, 4) is 0 Å². The molecule has 0 atom stereocenters. The highest BCUT2D eigenvalue weighted by Gasteiger charge is 2.08. The van der Waals surface area contributed by atoms with Crippen LogP contribution in [0.4, 0.5) is 0 Å². The Bertz CT molecular complexity index is 748. The quantitative estimate of drug-likeness (QED) is 0.122. The molecule has 0 aliphatic rings. The van der Waals surface area contributed by atoms with Crippen molar-refractivity contribution in [1.29, 1.82) is 0 Å². The Morgan fingerprint density at radius 2 is 1.03 bits per heavy atom. The molecular weight excluding hydrogens is 448 g/mol. The van der Waals surface area contributed by atoms with Crippen molar-refractivity contribution in [3.05, 3.63) is 53.6 Å². The Morgan fingerprint density at radius 1 is 0.514 bits per heavy atom. The van der Waals surface area contributed by atoms with E-state index in [1.54, 1.807) is 0 Å². The molecule has 0 N–H and O–H groups in total. The fraction of sp³-hybridized carbons (Fsp3) is 0.743. The lowest BCUT2D eigenvalue weighted by Gasteiger charge is -2.08. The van der Waals surface area contributed by atoms with Crippen LogP contribution in [0.2, 0.25) is 0 Å². The summed E-state index contributed by atoms with van der Waals surface area (Å²) in [5.74, 6) is 1.35. The monoisotopic (exact) mass is 508 g/mol. The van der Waals surface area contributed by atoms with E-state index in [4.69, 9.17) is 4.98 Å². The van der Waals surface area contributed by atoms with Crippen molar-refractivity contribution in [2.24, 2.45) is 0 Å². The van der Waals surface area contributed by atoms with Gasteiger partial charge in [0.15, 0.2) is 0 Å². The lowest BCUT2D eigenvalue weighted by molar-refractivity contribution is 0.526. The second kappa shape index (κ2) is 22.4. The highest BCUT2D eigenvalue weighted by atomic mass is 15.1. The van der Waals surface area contributed by atoms with Crippen LogP contribution < -0.4 is 0 Å². The molecule has 2 heteroatoms. The third-order valence-corrected chi connectivity index (χ3v) is 7.91. The van der Waals surface area contributed by atoms with E-state index >= 15 is 0 Å². The molecule has 1 heterocycles. The summed E-state index contributed by atoms with van der Waals surface area (Å²) >= 11 is 0. The average Bonchev–Trinajstić information content (AvgIpc) is 3.31. The number of nitrogens with zero attached hydrogens (tertiary/aromatic N) is 2. The van der Waals surface area contributed by atoms with Gasteiger partial charge in [0.1, 0.15) is 5.82 Å². The first-order chi connectivity index (χ1) is 18.3. The van der Waals surface area contributed by atoms with Gasteiger partial charge in [-0.15, -0.1) is 0 Å². The van der Waals surface area contributed by atoms with E-state index in [9.17, 15) is 0 Å². The largest absolute Gasteiger partial charge is 0.335 e. The van der Waals surface area contributed by atoms with Crippen LogP contribution in [0.15, 0.2) is 36.5 Å². The van der Waals surface area contributed by atoms with Gasteiger partial charge in [0.2, 0.25) is 0 Å². The van der Waals surface area contributed by atoms with Crippen LogP contribution in [0.3, 0.4) is 0 Å². The van der Waals surface area contributed by atoms with Gasteiger partial charge < -0.3 is 4.57 Å². The van der Waals surface area contributed by atoms with E-state index < -0.39 is 0 Å². The van der Waals surface area contributed by atoms with E-state index in [1.165, 1.54) is 145 Å². The topological polar surface area (TPSA) is 17.8 Å². The zero-order chi connectivity index (χ0) is 26.2. The van der Waals surface area contributed by atoms with Crippen LogP contribution >= 0.6 is 0 Å². The van der Waals surface area contributed by atoms with E-state index in [-0.39, 0.29) is 0 Å². The van der Waals surface area contributed by atoms with Gasteiger partial charge in [-0.3, -0.25) is 0 Å². The summed E-state index contributed by atoms with van der Waals surface area (Å²) in [7, 11) is 0. The molecule has 0 spiro atoms. The number of hydrogen-bond acceptors (Lipinski definition) is 1. The number of aryl methyl sites for hydroxylation is 4. The first-order valence-electron chi connectivity index (χ1n) is 16.4. The Labute approximate surface area is 231 Å². The summed E-state index contributed by atoms with van der Waals surface area (Å²) in [5, 5.41) is 0. The molecule has 1 aromatic carbocycles. The normalized spacial score (nSPS) is 11.4. The van der Waals surface area contributed by atoms with Crippen LogP contribution in [0.25, 0.3) is 0 Å². The minimum Gasteiger partial charge on any atom is -0.335 e. The van der Waals surface area contributed by atoms with E-state index in [0.29, 0.717) is 0 Å². The first-order valence-corrected chi connectivity index (χ1v) is 16.4. The van der Waals surface area contributed by atoms with Gasteiger partial charge in [-0.2, -0.15) is 0 Å². The summed E-state index contributed by atoms with van der Waals surface area (Å²) in [6.07, 6.45) is 33.6. The molecule has 0 amide bonds. The molecule has 0 bridgehead atoms. The highest BCUT2D eigenvalue weighted by molar-refractivity contribution is 5.15. The van der Waals surface area contributed by atoms with Crippen LogP contribution in [0.5, 0.6) is 0 Å². The molecule has 2 rings (SSSR count). The second-order valence-electron chi connectivity index (χ2n) is 11.4. The molecule has 0 aliphatic heterocycles. The van der Waals surface area contributed by atoms with Crippen molar-refractivity contribution in [1.82, 2.24) is 9.55 Å². The second-order valence-corrected chi connectivity index (χ2v) is 11.4. The minimum absolute atomic E-state index is 1.10. The van der Waals surface area contributed by atoms with Gasteiger partial charge in [-0.1, -0.05) is 153 Å². The number of benzene rings is 1. The Morgan fingerprint density at radius 3 is 1.59 bits per heavy atom. The molecule has 0 aliphatic carbocycles. The number of imidazole rings is 1. The molecule has 210 valence electrons. The Hall–Kier alpha value is -1.57. The summed E-state index contributed by atoms with van der Waals surface area (Å²) < 4.78 is 2.51. The SMILES string of the molecule is CCCCCCCCCCCCCCCc1nc(CCCc2ccccc2)cn1CCCCCCCC. The van der Waals surface area contributed by atoms with Gasteiger partial charge in [0.25, 0.3) is 0 Å². The zero-order valence-electron chi connectivity index (χ0n) is 24.8.